The number of rotatable bonds is 4. The molecule has 1 aromatic carbocycles. The van der Waals surface area contributed by atoms with Gasteiger partial charge in [0.25, 0.3) is 0 Å². The molecule has 0 radical (unpaired) electrons. The molecule has 0 bridgehead atoms. The minimum Gasteiger partial charge on any atom is -0.339 e. The molecule has 0 amide bonds. The Morgan fingerprint density at radius 1 is 1.39 bits per heavy atom. The molecular weight excluding hydrogens is 273 g/mol. The molecule has 4 nitrogen and oxygen atoms in total. The van der Waals surface area contributed by atoms with E-state index in [4.69, 9.17) is 33.5 Å². The molecule has 2 N–H and O–H groups in total. The summed E-state index contributed by atoms with van der Waals surface area (Å²) in [6.45, 7) is 2.04. The molecule has 1 atom stereocenters. The van der Waals surface area contributed by atoms with Gasteiger partial charge < -0.3 is 10.3 Å². The molecule has 6 heteroatoms. The van der Waals surface area contributed by atoms with Gasteiger partial charge in [-0.1, -0.05) is 41.3 Å². The Bertz CT molecular complexity index is 542. The van der Waals surface area contributed by atoms with Gasteiger partial charge in [-0.15, -0.1) is 0 Å². The summed E-state index contributed by atoms with van der Waals surface area (Å²) in [4.78, 5) is 4.25. The number of hydrogen-bond donors (Lipinski definition) is 1. The van der Waals surface area contributed by atoms with Gasteiger partial charge in [-0.25, -0.2) is 0 Å². The van der Waals surface area contributed by atoms with Crippen LogP contribution in [0.15, 0.2) is 22.7 Å². The normalized spacial score (nSPS) is 12.7. The maximum absolute atomic E-state index is 6.09. The molecule has 0 aliphatic carbocycles. The minimum absolute atomic E-state index is 0.433. The number of hydrogen-bond acceptors (Lipinski definition) is 4. The Labute approximate surface area is 115 Å². The highest BCUT2D eigenvalue weighted by Gasteiger charge is 2.18. The lowest BCUT2D eigenvalue weighted by Crippen LogP contribution is -2.14. The lowest BCUT2D eigenvalue weighted by atomic mass is 10.1. The van der Waals surface area contributed by atoms with E-state index in [0.717, 1.165) is 18.4 Å². The van der Waals surface area contributed by atoms with Crippen molar-refractivity contribution < 1.29 is 4.52 Å². The second kappa shape index (κ2) is 5.69. The van der Waals surface area contributed by atoms with Crippen molar-refractivity contribution in [3.8, 4) is 0 Å². The molecule has 0 saturated carbocycles. The third-order valence-electron chi connectivity index (χ3n) is 2.52. The zero-order valence-corrected chi connectivity index (χ0v) is 11.4. The van der Waals surface area contributed by atoms with Crippen LogP contribution in [-0.4, -0.2) is 10.1 Å². The van der Waals surface area contributed by atoms with Crippen LogP contribution < -0.4 is 5.73 Å². The molecule has 0 aliphatic rings. The second-order valence-corrected chi connectivity index (χ2v) is 4.78. The largest absolute Gasteiger partial charge is 0.339 e. The predicted octanol–water partition coefficient (Wildman–Crippen LogP) is 3.38. The van der Waals surface area contributed by atoms with Gasteiger partial charge in [-0.05, 0) is 24.1 Å². The van der Waals surface area contributed by atoms with Gasteiger partial charge in [-0.3, -0.25) is 0 Å². The standard InChI is InChI=1S/C12H13Cl2N3O/c1-2-3-10-16-12(17-18-10)11(15)8-5-4-7(13)6-9(8)14/h4-6,11H,2-3,15H2,1H3. The van der Waals surface area contributed by atoms with Crippen LogP contribution in [0.25, 0.3) is 0 Å². The summed E-state index contributed by atoms with van der Waals surface area (Å²) in [5, 5.41) is 4.93. The van der Waals surface area contributed by atoms with Crippen LogP contribution in [-0.2, 0) is 6.42 Å². The molecule has 0 saturated heterocycles. The molecule has 96 valence electrons. The third-order valence-corrected chi connectivity index (χ3v) is 3.09. The van der Waals surface area contributed by atoms with Gasteiger partial charge in [0.2, 0.25) is 5.89 Å². The van der Waals surface area contributed by atoms with Crippen LogP contribution in [0.3, 0.4) is 0 Å². The van der Waals surface area contributed by atoms with Crippen LogP contribution in [0.4, 0.5) is 0 Å². The first-order valence-electron chi connectivity index (χ1n) is 5.64. The summed E-state index contributed by atoms with van der Waals surface area (Å²) in [6, 6.07) is 4.63. The van der Waals surface area contributed by atoms with Crippen LogP contribution in [0, 0.1) is 0 Å². The average Bonchev–Trinajstić information content (AvgIpc) is 2.77. The monoisotopic (exact) mass is 285 g/mol. The van der Waals surface area contributed by atoms with Crippen LogP contribution in [0.1, 0.15) is 36.7 Å². The predicted molar refractivity (Wildman–Crippen MR) is 70.8 cm³/mol. The fourth-order valence-electron chi connectivity index (χ4n) is 1.60. The van der Waals surface area contributed by atoms with E-state index in [-0.39, 0.29) is 0 Å². The average molecular weight is 286 g/mol. The summed E-state index contributed by atoms with van der Waals surface area (Å²) < 4.78 is 5.10. The van der Waals surface area contributed by atoms with Crippen LogP contribution in [0.5, 0.6) is 0 Å². The summed E-state index contributed by atoms with van der Waals surface area (Å²) in [7, 11) is 0. The van der Waals surface area contributed by atoms with E-state index in [1.165, 1.54) is 0 Å². The van der Waals surface area contributed by atoms with E-state index < -0.39 is 6.04 Å². The van der Waals surface area contributed by atoms with Gasteiger partial charge in [0, 0.05) is 16.5 Å². The van der Waals surface area contributed by atoms with Gasteiger partial charge in [0.15, 0.2) is 5.82 Å². The lowest BCUT2D eigenvalue weighted by molar-refractivity contribution is 0.370. The van der Waals surface area contributed by atoms with Gasteiger partial charge in [-0.2, -0.15) is 4.98 Å². The Kier molecular flexibility index (Phi) is 4.22. The van der Waals surface area contributed by atoms with E-state index in [1.807, 2.05) is 6.92 Å². The highest BCUT2D eigenvalue weighted by Crippen LogP contribution is 2.27. The first kappa shape index (κ1) is 13.3. The van der Waals surface area contributed by atoms with Crippen molar-refractivity contribution in [2.45, 2.75) is 25.8 Å². The molecule has 0 spiro atoms. The van der Waals surface area contributed by atoms with Crippen molar-refractivity contribution >= 4 is 23.2 Å². The van der Waals surface area contributed by atoms with E-state index in [1.54, 1.807) is 18.2 Å². The quantitative estimate of drug-likeness (QED) is 0.935. The van der Waals surface area contributed by atoms with Crippen molar-refractivity contribution in [2.75, 3.05) is 0 Å². The molecule has 18 heavy (non-hydrogen) atoms. The smallest absolute Gasteiger partial charge is 0.226 e. The summed E-state index contributed by atoms with van der Waals surface area (Å²) >= 11 is 11.9. The molecule has 0 fully saturated rings. The summed E-state index contributed by atoms with van der Waals surface area (Å²) in [5.41, 5.74) is 6.79. The van der Waals surface area contributed by atoms with Crippen molar-refractivity contribution in [3.63, 3.8) is 0 Å². The van der Waals surface area contributed by atoms with Gasteiger partial charge >= 0.3 is 0 Å². The molecule has 2 aromatic rings. The topological polar surface area (TPSA) is 64.9 Å². The minimum atomic E-state index is -0.510. The van der Waals surface area contributed by atoms with Crippen LogP contribution >= 0.6 is 23.2 Å². The number of nitrogens with zero attached hydrogens (tertiary/aromatic N) is 2. The highest BCUT2D eigenvalue weighted by atomic mass is 35.5. The zero-order chi connectivity index (χ0) is 13.1. The zero-order valence-electron chi connectivity index (χ0n) is 9.86. The number of benzene rings is 1. The molecular formula is C12H13Cl2N3O. The molecule has 1 aromatic heterocycles. The first-order valence-corrected chi connectivity index (χ1v) is 6.40. The second-order valence-electron chi connectivity index (χ2n) is 3.94. The maximum atomic E-state index is 6.09. The van der Waals surface area contributed by atoms with E-state index in [2.05, 4.69) is 10.1 Å². The summed E-state index contributed by atoms with van der Waals surface area (Å²) in [5.74, 6) is 1.02. The number of aromatic nitrogens is 2. The Hall–Kier alpha value is -1.10. The third kappa shape index (κ3) is 2.83. The maximum Gasteiger partial charge on any atom is 0.226 e. The van der Waals surface area contributed by atoms with E-state index in [0.29, 0.717) is 21.8 Å². The van der Waals surface area contributed by atoms with E-state index in [9.17, 15) is 0 Å². The molecule has 1 heterocycles. The first-order chi connectivity index (χ1) is 8.61. The Balaban J connectivity index is 2.26. The SMILES string of the molecule is CCCc1nc(C(N)c2ccc(Cl)cc2Cl)no1. The summed E-state index contributed by atoms with van der Waals surface area (Å²) in [6.07, 6.45) is 1.69. The molecule has 1 unspecified atom stereocenters. The number of halogens is 2. The number of aryl methyl sites for hydroxylation is 1. The van der Waals surface area contributed by atoms with Crippen LogP contribution in [0.2, 0.25) is 10.0 Å². The van der Waals surface area contributed by atoms with Crippen molar-refractivity contribution in [3.05, 3.63) is 45.5 Å². The molecule has 2 rings (SSSR count). The molecule has 0 aliphatic heterocycles. The number of nitrogens with two attached hydrogens (primary N) is 1. The fraction of sp³-hybridized carbons (Fsp3) is 0.333. The van der Waals surface area contributed by atoms with Crippen molar-refractivity contribution in [1.29, 1.82) is 0 Å². The Morgan fingerprint density at radius 2 is 2.17 bits per heavy atom. The van der Waals surface area contributed by atoms with Crippen molar-refractivity contribution in [2.24, 2.45) is 5.73 Å². The van der Waals surface area contributed by atoms with Crippen molar-refractivity contribution in [1.82, 2.24) is 10.1 Å². The Morgan fingerprint density at radius 3 is 2.83 bits per heavy atom. The van der Waals surface area contributed by atoms with Gasteiger partial charge in [0.05, 0.1) is 6.04 Å². The fourth-order valence-corrected chi connectivity index (χ4v) is 2.13. The lowest BCUT2D eigenvalue weighted by Gasteiger charge is -2.09. The van der Waals surface area contributed by atoms with E-state index >= 15 is 0 Å². The van der Waals surface area contributed by atoms with Gasteiger partial charge in [0.1, 0.15) is 0 Å². The highest BCUT2D eigenvalue weighted by molar-refractivity contribution is 6.35.